The number of nitrogens with one attached hydrogen (secondary N) is 2. The second-order valence-electron chi connectivity index (χ2n) is 6.99. The van der Waals surface area contributed by atoms with Crippen LogP contribution in [0.4, 0.5) is 18.0 Å². The number of aliphatic imine (C=N–C) groups is 1. The highest BCUT2D eigenvalue weighted by atomic mass is 19.4. The van der Waals surface area contributed by atoms with Gasteiger partial charge in [0.25, 0.3) is 0 Å². The number of fused-ring (bicyclic) bond motifs is 1. The summed E-state index contributed by atoms with van der Waals surface area (Å²) in [6, 6.07) is 5.23. The van der Waals surface area contributed by atoms with Gasteiger partial charge in [0.1, 0.15) is 5.60 Å². The smallest absolute Gasteiger partial charge is 0.417 e. The first-order valence-electron chi connectivity index (χ1n) is 8.24. The number of amides is 1. The van der Waals surface area contributed by atoms with Gasteiger partial charge >= 0.3 is 12.3 Å². The lowest BCUT2D eigenvalue weighted by atomic mass is 10.0. The number of hydrazine groups is 1. The third-order valence-corrected chi connectivity index (χ3v) is 3.69. The van der Waals surface area contributed by atoms with Crippen LogP contribution in [0.15, 0.2) is 53.1 Å². The summed E-state index contributed by atoms with van der Waals surface area (Å²) in [4.78, 5) is 16.3. The van der Waals surface area contributed by atoms with E-state index in [1.165, 1.54) is 29.3 Å². The SMILES string of the molecule is CC(C)(C)OC(=O)NC1=C2N=C(c3ccccc3C(F)(F)F)C=CN2NC1. The van der Waals surface area contributed by atoms with Crippen molar-refractivity contribution < 1.29 is 22.7 Å². The van der Waals surface area contributed by atoms with Gasteiger partial charge in [-0.2, -0.15) is 13.2 Å². The first kappa shape index (κ1) is 19.0. The van der Waals surface area contributed by atoms with Crippen molar-refractivity contribution in [3.05, 3.63) is 59.2 Å². The molecule has 2 N–H and O–H groups in total. The lowest BCUT2D eigenvalue weighted by molar-refractivity contribution is -0.137. The molecular formula is C18H19F3N4O2. The lowest BCUT2D eigenvalue weighted by Crippen LogP contribution is -2.33. The molecule has 1 aromatic rings. The number of alkyl halides is 3. The zero-order chi connectivity index (χ0) is 19.8. The maximum absolute atomic E-state index is 13.3. The van der Waals surface area contributed by atoms with Crippen LogP contribution in [-0.4, -0.2) is 29.0 Å². The molecule has 0 saturated heterocycles. The zero-order valence-electron chi connectivity index (χ0n) is 15.0. The molecule has 0 aliphatic carbocycles. The maximum atomic E-state index is 13.3. The van der Waals surface area contributed by atoms with Gasteiger partial charge in [0, 0.05) is 11.8 Å². The summed E-state index contributed by atoms with van der Waals surface area (Å²) in [5.41, 5.74) is 2.06. The van der Waals surface area contributed by atoms with Crippen LogP contribution in [0.2, 0.25) is 0 Å². The fourth-order valence-corrected chi connectivity index (χ4v) is 2.64. The highest BCUT2D eigenvalue weighted by molar-refractivity contribution is 6.10. The fourth-order valence-electron chi connectivity index (χ4n) is 2.64. The van der Waals surface area contributed by atoms with Gasteiger partial charge in [0.05, 0.1) is 23.5 Å². The Morgan fingerprint density at radius 1 is 1.26 bits per heavy atom. The molecule has 3 rings (SSSR count). The molecule has 0 atom stereocenters. The van der Waals surface area contributed by atoms with Gasteiger partial charge < -0.3 is 4.74 Å². The van der Waals surface area contributed by atoms with Crippen molar-refractivity contribution >= 4 is 11.8 Å². The van der Waals surface area contributed by atoms with E-state index in [9.17, 15) is 18.0 Å². The number of benzene rings is 1. The van der Waals surface area contributed by atoms with Crippen molar-refractivity contribution in [1.29, 1.82) is 0 Å². The Kier molecular flexibility index (Phi) is 4.73. The molecule has 27 heavy (non-hydrogen) atoms. The van der Waals surface area contributed by atoms with Crippen LogP contribution < -0.4 is 10.7 Å². The molecule has 2 aliphatic heterocycles. The lowest BCUT2D eigenvalue weighted by Gasteiger charge is -2.21. The Morgan fingerprint density at radius 2 is 1.96 bits per heavy atom. The van der Waals surface area contributed by atoms with Crippen LogP contribution in [0.5, 0.6) is 0 Å². The largest absolute Gasteiger partial charge is 0.444 e. The topological polar surface area (TPSA) is 66.0 Å². The molecule has 0 saturated carbocycles. The van der Waals surface area contributed by atoms with Crippen molar-refractivity contribution in [2.75, 3.05) is 6.54 Å². The molecule has 1 aromatic carbocycles. The van der Waals surface area contributed by atoms with Gasteiger partial charge in [-0.3, -0.25) is 10.3 Å². The number of hydrogen-bond acceptors (Lipinski definition) is 5. The van der Waals surface area contributed by atoms with Crippen LogP contribution in [0.3, 0.4) is 0 Å². The van der Waals surface area contributed by atoms with Crippen LogP contribution >= 0.6 is 0 Å². The van der Waals surface area contributed by atoms with E-state index >= 15 is 0 Å². The van der Waals surface area contributed by atoms with Gasteiger partial charge in [-0.1, -0.05) is 18.2 Å². The summed E-state index contributed by atoms with van der Waals surface area (Å²) < 4.78 is 45.1. The number of carbonyl (C=O) groups is 1. The number of halogens is 3. The Bertz CT molecular complexity index is 851. The van der Waals surface area contributed by atoms with E-state index in [1.807, 2.05) is 0 Å². The molecule has 1 amide bonds. The van der Waals surface area contributed by atoms with E-state index < -0.39 is 23.4 Å². The number of ether oxygens (including phenoxy) is 1. The molecule has 0 radical (unpaired) electrons. The summed E-state index contributed by atoms with van der Waals surface area (Å²) in [6.07, 6.45) is -2.11. The number of carbonyl (C=O) groups excluding carboxylic acids is 1. The van der Waals surface area contributed by atoms with Crippen LogP contribution in [0, 0.1) is 0 Å². The predicted molar refractivity (Wildman–Crippen MR) is 93.4 cm³/mol. The van der Waals surface area contributed by atoms with Crippen molar-refractivity contribution in [3.63, 3.8) is 0 Å². The summed E-state index contributed by atoms with van der Waals surface area (Å²) in [6.45, 7) is 5.46. The second kappa shape index (κ2) is 6.73. The summed E-state index contributed by atoms with van der Waals surface area (Å²) in [7, 11) is 0. The highest BCUT2D eigenvalue weighted by Gasteiger charge is 2.35. The average Bonchev–Trinajstić information content (AvgIpc) is 2.94. The summed E-state index contributed by atoms with van der Waals surface area (Å²) in [5, 5.41) is 4.14. The Hall–Kier alpha value is -2.81. The van der Waals surface area contributed by atoms with Gasteiger partial charge in [0.15, 0.2) is 5.82 Å². The monoisotopic (exact) mass is 380 g/mol. The van der Waals surface area contributed by atoms with Gasteiger partial charge in [0.2, 0.25) is 0 Å². The molecule has 2 aliphatic rings. The Morgan fingerprint density at radius 3 is 2.63 bits per heavy atom. The molecule has 9 heteroatoms. The van der Waals surface area contributed by atoms with Crippen LogP contribution in [0.1, 0.15) is 31.9 Å². The molecular weight excluding hydrogens is 361 g/mol. The molecule has 2 heterocycles. The highest BCUT2D eigenvalue weighted by Crippen LogP contribution is 2.33. The van der Waals surface area contributed by atoms with Crippen LogP contribution in [0.25, 0.3) is 0 Å². The number of nitrogens with zero attached hydrogens (tertiary/aromatic N) is 2. The Labute approximate surface area is 154 Å². The standard InChI is InChI=1S/C18H19F3N4O2/c1-17(2,3)27-16(26)24-14-10-22-25-9-8-13(23-15(14)25)11-6-4-5-7-12(11)18(19,20)21/h4-9,22H,10H2,1-3H3,(H,24,26). The number of rotatable bonds is 2. The summed E-state index contributed by atoms with van der Waals surface area (Å²) in [5.74, 6) is 0.315. The number of hydrogen-bond donors (Lipinski definition) is 2. The van der Waals surface area contributed by atoms with Crippen molar-refractivity contribution in [1.82, 2.24) is 15.8 Å². The van der Waals surface area contributed by atoms with Gasteiger partial charge in [-0.05, 0) is 32.9 Å². The minimum absolute atomic E-state index is 0.0306. The second-order valence-corrected chi connectivity index (χ2v) is 6.99. The van der Waals surface area contributed by atoms with E-state index in [0.29, 0.717) is 11.5 Å². The maximum Gasteiger partial charge on any atom is 0.417 e. The predicted octanol–water partition coefficient (Wildman–Crippen LogP) is 3.54. The molecule has 144 valence electrons. The normalized spacial score (nSPS) is 17.0. The van der Waals surface area contributed by atoms with Gasteiger partial charge in [-0.25, -0.2) is 15.2 Å². The third-order valence-electron chi connectivity index (χ3n) is 3.69. The fraction of sp³-hybridized carbons (Fsp3) is 0.333. The van der Waals surface area contributed by atoms with E-state index in [-0.39, 0.29) is 17.8 Å². The molecule has 6 nitrogen and oxygen atoms in total. The Balaban J connectivity index is 1.93. The molecule has 0 spiro atoms. The van der Waals surface area contributed by atoms with E-state index in [1.54, 1.807) is 27.0 Å². The zero-order valence-corrected chi connectivity index (χ0v) is 15.0. The number of allylic oxidation sites excluding steroid dienone is 1. The van der Waals surface area contributed by atoms with E-state index in [2.05, 4.69) is 15.7 Å². The minimum atomic E-state index is -4.50. The van der Waals surface area contributed by atoms with Crippen molar-refractivity contribution in [2.45, 2.75) is 32.5 Å². The minimum Gasteiger partial charge on any atom is -0.444 e. The van der Waals surface area contributed by atoms with Gasteiger partial charge in [-0.15, -0.1) is 0 Å². The average molecular weight is 380 g/mol. The first-order chi connectivity index (χ1) is 12.5. The van der Waals surface area contributed by atoms with Crippen LogP contribution in [-0.2, 0) is 10.9 Å². The third kappa shape index (κ3) is 4.30. The van der Waals surface area contributed by atoms with Crippen molar-refractivity contribution in [3.8, 4) is 0 Å². The summed E-state index contributed by atoms with van der Waals surface area (Å²) >= 11 is 0. The quantitative estimate of drug-likeness (QED) is 0.824. The van der Waals surface area contributed by atoms with E-state index in [4.69, 9.17) is 4.74 Å². The molecule has 0 aromatic heterocycles. The molecule has 0 unspecified atom stereocenters. The number of alkyl carbamates (subject to hydrolysis) is 1. The van der Waals surface area contributed by atoms with E-state index in [0.717, 1.165) is 6.07 Å². The van der Waals surface area contributed by atoms with Crippen molar-refractivity contribution in [2.24, 2.45) is 4.99 Å². The first-order valence-corrected chi connectivity index (χ1v) is 8.24. The molecule has 0 fully saturated rings. The molecule has 0 bridgehead atoms.